The standard InChI is InChI=1S/C13H18N2S/c1-8-4-5-10(9(6-8)12(14)16)15-11-7-13(11,2)3/h4-6,11,15H,7H2,1-3H3,(H2,14,16). The molecule has 1 aliphatic carbocycles. The molecule has 0 aliphatic heterocycles. The third kappa shape index (κ3) is 2.19. The van der Waals surface area contributed by atoms with Crippen LogP contribution in [0.15, 0.2) is 18.2 Å². The summed E-state index contributed by atoms with van der Waals surface area (Å²) in [6.07, 6.45) is 1.21. The molecule has 1 fully saturated rings. The second-order valence-corrected chi connectivity index (χ2v) is 5.74. The molecular weight excluding hydrogens is 216 g/mol. The number of benzene rings is 1. The number of hydrogen-bond donors (Lipinski definition) is 2. The minimum atomic E-state index is 0.401. The summed E-state index contributed by atoms with van der Waals surface area (Å²) in [6.45, 7) is 6.57. The van der Waals surface area contributed by atoms with Gasteiger partial charge < -0.3 is 11.1 Å². The molecule has 3 heteroatoms. The molecule has 2 nitrogen and oxygen atoms in total. The van der Waals surface area contributed by atoms with E-state index in [1.165, 1.54) is 12.0 Å². The Morgan fingerprint density at radius 1 is 1.50 bits per heavy atom. The lowest BCUT2D eigenvalue weighted by molar-refractivity contribution is 0.630. The zero-order valence-corrected chi connectivity index (χ0v) is 10.8. The Kier molecular flexibility index (Phi) is 2.66. The zero-order chi connectivity index (χ0) is 11.9. The predicted octanol–water partition coefficient (Wildman–Crippen LogP) is 2.84. The molecule has 16 heavy (non-hydrogen) atoms. The van der Waals surface area contributed by atoms with Gasteiger partial charge in [-0.3, -0.25) is 0 Å². The van der Waals surface area contributed by atoms with E-state index in [-0.39, 0.29) is 0 Å². The van der Waals surface area contributed by atoms with Gasteiger partial charge in [-0.1, -0.05) is 37.7 Å². The first-order chi connectivity index (χ1) is 7.40. The molecule has 3 N–H and O–H groups in total. The highest BCUT2D eigenvalue weighted by molar-refractivity contribution is 7.80. The summed E-state index contributed by atoms with van der Waals surface area (Å²) in [5, 5.41) is 3.52. The molecule has 1 saturated carbocycles. The zero-order valence-electron chi connectivity index (χ0n) is 10.0. The smallest absolute Gasteiger partial charge is 0.106 e. The van der Waals surface area contributed by atoms with Crippen molar-refractivity contribution in [3.8, 4) is 0 Å². The number of nitrogens with one attached hydrogen (secondary N) is 1. The molecule has 0 spiro atoms. The third-order valence-electron chi connectivity index (χ3n) is 3.28. The average molecular weight is 234 g/mol. The highest BCUT2D eigenvalue weighted by Crippen LogP contribution is 2.46. The molecular formula is C13H18N2S. The number of anilines is 1. The summed E-state index contributed by atoms with van der Waals surface area (Å²) >= 11 is 5.08. The van der Waals surface area contributed by atoms with Crippen molar-refractivity contribution >= 4 is 22.9 Å². The Balaban J connectivity index is 2.24. The summed E-state index contributed by atoms with van der Waals surface area (Å²) in [6, 6.07) is 6.74. The molecule has 0 saturated heterocycles. The molecule has 1 aromatic rings. The van der Waals surface area contributed by atoms with Gasteiger partial charge in [-0.2, -0.15) is 0 Å². The van der Waals surface area contributed by atoms with Crippen LogP contribution < -0.4 is 11.1 Å². The molecule has 1 unspecified atom stereocenters. The molecule has 1 aromatic carbocycles. The van der Waals surface area contributed by atoms with Crippen molar-refractivity contribution in [2.24, 2.45) is 11.1 Å². The molecule has 1 atom stereocenters. The third-order valence-corrected chi connectivity index (χ3v) is 3.50. The summed E-state index contributed by atoms with van der Waals surface area (Å²) in [7, 11) is 0. The van der Waals surface area contributed by atoms with Crippen molar-refractivity contribution in [3.63, 3.8) is 0 Å². The summed E-state index contributed by atoms with van der Waals surface area (Å²) in [5.41, 5.74) is 9.34. The normalized spacial score (nSPS) is 21.6. The lowest BCUT2D eigenvalue weighted by Crippen LogP contribution is -2.16. The Morgan fingerprint density at radius 2 is 2.12 bits per heavy atom. The quantitative estimate of drug-likeness (QED) is 0.790. The maximum absolute atomic E-state index is 5.74. The van der Waals surface area contributed by atoms with Crippen molar-refractivity contribution in [3.05, 3.63) is 29.3 Å². The van der Waals surface area contributed by atoms with Gasteiger partial charge in [0.1, 0.15) is 4.99 Å². The van der Waals surface area contributed by atoms with Crippen LogP contribution in [0.3, 0.4) is 0 Å². The Bertz CT molecular complexity index is 438. The summed E-state index contributed by atoms with van der Waals surface area (Å²) in [5.74, 6) is 0. The highest BCUT2D eigenvalue weighted by atomic mass is 32.1. The van der Waals surface area contributed by atoms with E-state index < -0.39 is 0 Å². The van der Waals surface area contributed by atoms with E-state index in [0.717, 1.165) is 11.3 Å². The van der Waals surface area contributed by atoms with Gasteiger partial charge in [0.2, 0.25) is 0 Å². The van der Waals surface area contributed by atoms with Crippen LogP contribution in [0.25, 0.3) is 0 Å². The van der Waals surface area contributed by atoms with Gasteiger partial charge in [-0.15, -0.1) is 0 Å². The van der Waals surface area contributed by atoms with Crippen LogP contribution >= 0.6 is 12.2 Å². The predicted molar refractivity (Wildman–Crippen MR) is 72.9 cm³/mol. The van der Waals surface area contributed by atoms with E-state index in [2.05, 4.69) is 31.3 Å². The topological polar surface area (TPSA) is 38.0 Å². The van der Waals surface area contributed by atoms with E-state index in [1.807, 2.05) is 13.0 Å². The second kappa shape index (κ2) is 3.74. The first-order valence-corrected chi connectivity index (χ1v) is 5.98. The molecule has 0 aromatic heterocycles. The van der Waals surface area contributed by atoms with Crippen molar-refractivity contribution in [1.29, 1.82) is 0 Å². The van der Waals surface area contributed by atoms with Crippen LogP contribution in [0.2, 0.25) is 0 Å². The van der Waals surface area contributed by atoms with E-state index >= 15 is 0 Å². The Morgan fingerprint density at radius 3 is 2.62 bits per heavy atom. The lowest BCUT2D eigenvalue weighted by Gasteiger charge is -2.13. The monoisotopic (exact) mass is 234 g/mol. The molecule has 2 rings (SSSR count). The van der Waals surface area contributed by atoms with Crippen molar-refractivity contribution in [1.82, 2.24) is 0 Å². The minimum absolute atomic E-state index is 0.401. The van der Waals surface area contributed by atoms with E-state index in [9.17, 15) is 0 Å². The first kappa shape index (κ1) is 11.4. The van der Waals surface area contributed by atoms with Crippen LogP contribution in [0.4, 0.5) is 5.69 Å². The maximum Gasteiger partial charge on any atom is 0.106 e. The minimum Gasteiger partial charge on any atom is -0.389 e. The van der Waals surface area contributed by atoms with Crippen LogP contribution in [-0.4, -0.2) is 11.0 Å². The van der Waals surface area contributed by atoms with Crippen LogP contribution in [0, 0.1) is 12.3 Å². The van der Waals surface area contributed by atoms with Gasteiger partial charge >= 0.3 is 0 Å². The molecule has 86 valence electrons. The molecule has 0 bridgehead atoms. The van der Waals surface area contributed by atoms with Crippen molar-refractivity contribution in [2.75, 3.05) is 5.32 Å². The second-order valence-electron chi connectivity index (χ2n) is 5.30. The van der Waals surface area contributed by atoms with Gasteiger partial charge in [0.25, 0.3) is 0 Å². The van der Waals surface area contributed by atoms with Crippen LogP contribution in [0.5, 0.6) is 0 Å². The van der Waals surface area contributed by atoms with Gasteiger partial charge in [0, 0.05) is 17.3 Å². The molecule has 0 radical (unpaired) electrons. The molecule has 1 aliphatic rings. The van der Waals surface area contributed by atoms with E-state index in [1.54, 1.807) is 0 Å². The fourth-order valence-corrected chi connectivity index (χ4v) is 2.06. The van der Waals surface area contributed by atoms with Crippen LogP contribution in [-0.2, 0) is 0 Å². The summed E-state index contributed by atoms with van der Waals surface area (Å²) < 4.78 is 0. The van der Waals surface area contributed by atoms with Crippen LogP contribution in [0.1, 0.15) is 31.4 Å². The number of thiocarbonyl (C=S) groups is 1. The van der Waals surface area contributed by atoms with Crippen molar-refractivity contribution in [2.45, 2.75) is 33.2 Å². The van der Waals surface area contributed by atoms with Gasteiger partial charge in [-0.25, -0.2) is 0 Å². The molecule has 0 heterocycles. The SMILES string of the molecule is Cc1ccc(NC2CC2(C)C)c(C(N)=S)c1. The van der Waals surface area contributed by atoms with Gasteiger partial charge in [-0.05, 0) is 30.9 Å². The van der Waals surface area contributed by atoms with Gasteiger partial charge in [0.15, 0.2) is 0 Å². The number of nitrogens with two attached hydrogens (primary N) is 1. The Hall–Kier alpha value is -1.09. The summed E-state index contributed by atoms with van der Waals surface area (Å²) in [4.78, 5) is 0.463. The lowest BCUT2D eigenvalue weighted by atomic mass is 10.1. The highest BCUT2D eigenvalue weighted by Gasteiger charge is 2.45. The average Bonchev–Trinajstić information content (AvgIpc) is 2.76. The van der Waals surface area contributed by atoms with Crippen molar-refractivity contribution < 1.29 is 0 Å². The largest absolute Gasteiger partial charge is 0.389 e. The van der Waals surface area contributed by atoms with E-state index in [0.29, 0.717) is 16.4 Å². The number of aryl methyl sites for hydroxylation is 1. The van der Waals surface area contributed by atoms with Gasteiger partial charge in [0.05, 0.1) is 0 Å². The first-order valence-electron chi connectivity index (χ1n) is 5.57. The number of rotatable bonds is 3. The maximum atomic E-state index is 5.74. The van der Waals surface area contributed by atoms with E-state index in [4.69, 9.17) is 18.0 Å². The Labute approximate surface area is 102 Å². The fourth-order valence-electron chi connectivity index (χ4n) is 1.89. The fraction of sp³-hybridized carbons (Fsp3) is 0.462. The number of hydrogen-bond acceptors (Lipinski definition) is 2. The molecule has 0 amide bonds.